The van der Waals surface area contributed by atoms with Crippen LogP contribution < -0.4 is 103 Å². The number of benzene rings is 2. The van der Waals surface area contributed by atoms with Gasteiger partial charge in [-0.25, -0.2) is 22.3 Å². The molecule has 0 unspecified atom stereocenters. The normalized spacial score (nSPS) is 9.85. The van der Waals surface area contributed by atoms with Crippen LogP contribution in [0.3, 0.4) is 0 Å². The summed E-state index contributed by atoms with van der Waals surface area (Å²) in [6, 6.07) is 14.8. The molecule has 0 atom stereocenters. The van der Waals surface area contributed by atoms with Crippen LogP contribution in [-0.2, 0) is 0 Å². The molecule has 0 aromatic heterocycles. The van der Waals surface area contributed by atoms with E-state index in [1.807, 2.05) is 78.0 Å². The van der Waals surface area contributed by atoms with E-state index in [9.17, 15) is 15.2 Å². The maximum Gasteiger partial charge on any atom is 1.00 e. The number of hydrogen-bond acceptors (Lipinski definition) is 1. The Balaban J connectivity index is -0.000000301. The number of unbranched alkanes of at least 4 members (excludes halogenated alkanes) is 1. The fourth-order valence-corrected chi connectivity index (χ4v) is 2.50. The van der Waals surface area contributed by atoms with Crippen LogP contribution in [0.5, 0.6) is 0 Å². The Kier molecular flexibility index (Phi) is 41.4. The quantitative estimate of drug-likeness (QED) is 0.206. The van der Waals surface area contributed by atoms with E-state index in [4.69, 9.17) is 5.11 Å². The molecule has 2 rings (SSSR count). The molecule has 3 nitrogen and oxygen atoms in total. The molecule has 40 heavy (non-hydrogen) atoms. The Bertz CT molecular complexity index is 1020. The minimum absolute atomic E-state index is 0. The molecule has 0 aliphatic rings. The minimum Gasteiger partial charge on any atom is -0.816 e. The number of aliphatic hydroxyl groups excluding tert-OH is 1. The van der Waals surface area contributed by atoms with E-state index in [1.165, 1.54) is 24.3 Å². The molecule has 210 valence electrons. The zero-order valence-electron chi connectivity index (χ0n) is 26.5. The van der Waals surface area contributed by atoms with Gasteiger partial charge in [0.25, 0.3) is 0 Å². The first-order valence-electron chi connectivity index (χ1n) is 12.7. The molecule has 2 aromatic rings. The van der Waals surface area contributed by atoms with Gasteiger partial charge in [0, 0.05) is 6.61 Å². The molecule has 0 amide bonds. The third kappa shape index (κ3) is 22.5. The number of aliphatic hydroxyl groups is 1. The molecular weight excluding hydrogens is 550 g/mol. The van der Waals surface area contributed by atoms with Gasteiger partial charge >= 0.3 is 103 Å². The van der Waals surface area contributed by atoms with Crippen LogP contribution in [0, 0.1) is 32.3 Å². The molecule has 0 aliphatic carbocycles. The Morgan fingerprint density at radius 3 is 1.85 bits per heavy atom. The van der Waals surface area contributed by atoms with Crippen molar-refractivity contribution in [1.82, 2.24) is 0 Å². The van der Waals surface area contributed by atoms with Crippen molar-refractivity contribution in [3.05, 3.63) is 144 Å². The number of halogens is 1. The van der Waals surface area contributed by atoms with Crippen LogP contribution in [0.4, 0.5) is 4.39 Å². The van der Waals surface area contributed by atoms with Gasteiger partial charge in [-0.3, -0.25) is 11.6 Å². The predicted molar refractivity (Wildman–Crippen MR) is 166 cm³/mol. The van der Waals surface area contributed by atoms with E-state index in [0.29, 0.717) is 16.7 Å². The fourth-order valence-electron chi connectivity index (χ4n) is 2.50. The summed E-state index contributed by atoms with van der Waals surface area (Å²) >= 11 is 0. The Hall–Kier alpha value is -0.0973. The van der Waals surface area contributed by atoms with Crippen molar-refractivity contribution in [2.45, 2.75) is 61.3 Å². The third-order valence-corrected chi connectivity index (χ3v) is 4.31. The van der Waals surface area contributed by atoms with Crippen LogP contribution in [0.15, 0.2) is 89.5 Å². The predicted octanol–water partition coefficient (Wildman–Crippen LogP) is 3.35. The Morgan fingerprint density at radius 2 is 1.45 bits per heavy atom. The summed E-state index contributed by atoms with van der Waals surface area (Å²) in [5.41, 5.74) is 2.50. The van der Waals surface area contributed by atoms with Crippen molar-refractivity contribution in [3.8, 4) is 0 Å². The van der Waals surface area contributed by atoms with Crippen molar-refractivity contribution >= 4 is 11.4 Å². The van der Waals surface area contributed by atoms with E-state index in [2.05, 4.69) is 19.1 Å². The second-order valence-corrected chi connectivity index (χ2v) is 7.28. The topological polar surface area (TPSA) is 64.8 Å². The smallest absolute Gasteiger partial charge is 0.816 e. The Labute approximate surface area is 330 Å². The van der Waals surface area contributed by atoms with Crippen molar-refractivity contribution in [2.24, 2.45) is 0 Å². The van der Waals surface area contributed by atoms with Gasteiger partial charge in [0.05, 0.1) is 0 Å². The second kappa shape index (κ2) is 33.4. The Morgan fingerprint density at radius 1 is 0.925 bits per heavy atom. The maximum atomic E-state index is 13.2. The zero-order chi connectivity index (χ0) is 28.6. The van der Waals surface area contributed by atoms with E-state index < -0.39 is 5.82 Å². The largest absolute Gasteiger partial charge is 1.00 e. The zero-order valence-corrected chi connectivity index (χ0v) is 32.7. The molecular formula is C34H45FK2N2O-4. The number of hydrogen-bond donors (Lipinski definition) is 1. The summed E-state index contributed by atoms with van der Waals surface area (Å²) in [7, 11) is 0. The van der Waals surface area contributed by atoms with Gasteiger partial charge in [-0.2, -0.15) is 23.3 Å². The van der Waals surface area contributed by atoms with Crippen LogP contribution in [0.25, 0.3) is 10.8 Å². The van der Waals surface area contributed by atoms with Gasteiger partial charge in [0.2, 0.25) is 0 Å². The monoisotopic (exact) mass is 594 g/mol. The van der Waals surface area contributed by atoms with Crippen molar-refractivity contribution < 1.29 is 112 Å². The number of nitrogens with zero attached hydrogens (tertiary/aromatic N) is 2. The van der Waals surface area contributed by atoms with Crippen molar-refractivity contribution in [1.29, 1.82) is 0 Å². The van der Waals surface area contributed by atoms with E-state index >= 15 is 0 Å². The number of rotatable bonds is 9. The maximum absolute atomic E-state index is 13.2. The number of allylic oxidation sites excluding steroid dienone is 7. The first kappa shape index (κ1) is 49.6. The first-order valence-corrected chi connectivity index (χ1v) is 12.7. The minimum atomic E-state index is -0.417. The molecule has 0 radical (unpaired) electrons. The summed E-state index contributed by atoms with van der Waals surface area (Å²) in [6.45, 7) is 17.4. The molecule has 0 saturated heterocycles. The molecule has 2 aromatic carbocycles. The van der Waals surface area contributed by atoms with Gasteiger partial charge in [-0.05, 0) is 31.5 Å². The second-order valence-electron chi connectivity index (χ2n) is 7.28. The SMILES string of the molecule is CC.CC.C[C-]=C(C=[C-]c1ccccc1)/C(=C\C=C(C)C)C(=[N-])C(=[N-])c1ccc(F)cc1.[CH2-]CCCO.[CH3-].[K+].[K+]. The molecule has 0 aliphatic heterocycles. The summed E-state index contributed by atoms with van der Waals surface area (Å²) in [5, 5.41) is 29.3. The molecule has 0 saturated carbocycles. The van der Waals surface area contributed by atoms with Crippen molar-refractivity contribution in [3.63, 3.8) is 0 Å². The molecule has 6 heteroatoms. The molecule has 1 N–H and O–H groups in total. The summed E-state index contributed by atoms with van der Waals surface area (Å²) in [5.74, 6) is -0.417. The van der Waals surface area contributed by atoms with Gasteiger partial charge in [-0.1, -0.05) is 64.0 Å². The van der Waals surface area contributed by atoms with Gasteiger partial charge in [0.15, 0.2) is 0 Å². The summed E-state index contributed by atoms with van der Waals surface area (Å²) < 4.78 is 13.2. The third-order valence-electron chi connectivity index (χ3n) is 4.31. The average molecular weight is 595 g/mol. The first-order chi connectivity index (χ1) is 17.8. The average Bonchev–Trinajstić information content (AvgIpc) is 2.93. The molecule has 0 bridgehead atoms. The van der Waals surface area contributed by atoms with Crippen LogP contribution >= 0.6 is 0 Å². The van der Waals surface area contributed by atoms with E-state index in [0.717, 1.165) is 24.0 Å². The van der Waals surface area contributed by atoms with Crippen LogP contribution in [0.1, 0.15) is 72.4 Å². The molecule has 0 heterocycles. The van der Waals surface area contributed by atoms with Crippen molar-refractivity contribution in [2.75, 3.05) is 6.61 Å². The van der Waals surface area contributed by atoms with Gasteiger partial charge in [-0.15, -0.1) is 37.3 Å². The van der Waals surface area contributed by atoms with Gasteiger partial charge < -0.3 is 30.3 Å². The summed E-state index contributed by atoms with van der Waals surface area (Å²) in [6.07, 6.45) is 13.1. The van der Waals surface area contributed by atoms with Gasteiger partial charge in [0.1, 0.15) is 5.82 Å². The summed E-state index contributed by atoms with van der Waals surface area (Å²) in [4.78, 5) is 0. The molecule has 0 spiro atoms. The van der Waals surface area contributed by atoms with Crippen LogP contribution in [-0.4, -0.2) is 23.1 Å². The molecule has 0 fully saturated rings. The standard InChI is InChI=1S/C25H21FN2.C4H9O.2C2H6.CH3.2K/c1-4-20(12-11-19-8-6-5-7-9-19)23(17-10-18(2)3)25(28)24(27)21-13-15-22(26)16-14-21;1-2-3-4-5;2*1-2;;;/h5-10,12-17H,1-3H3;5H,1-4H2;2*1-2H3;1H3;;/q-4;-1;;;-1;2*+1/b23-17+;;;;;;. The van der Waals surface area contributed by atoms with E-state index in [1.54, 1.807) is 19.1 Å². The van der Waals surface area contributed by atoms with E-state index in [-0.39, 0.29) is 128 Å². The van der Waals surface area contributed by atoms with Crippen LogP contribution in [0.2, 0.25) is 0 Å². The fraction of sp³-hybridized carbons (Fsp3) is 0.294.